The van der Waals surface area contributed by atoms with Crippen molar-refractivity contribution >= 4 is 34.5 Å². The minimum absolute atomic E-state index is 0.107. The first kappa shape index (κ1) is 20.9. The first-order valence-electron chi connectivity index (χ1n) is 10.6. The molecule has 0 aliphatic carbocycles. The van der Waals surface area contributed by atoms with Crippen molar-refractivity contribution in [3.8, 4) is 27.6 Å². The third-order valence-electron chi connectivity index (χ3n) is 5.47. The van der Waals surface area contributed by atoms with E-state index in [9.17, 15) is 9.59 Å². The Hall–Kier alpha value is -3.97. The largest absolute Gasteiger partial charge is 0.482 e. The summed E-state index contributed by atoms with van der Waals surface area (Å²) in [5, 5.41) is 5.78. The van der Waals surface area contributed by atoms with Crippen LogP contribution in [-0.2, 0) is 9.59 Å². The fourth-order valence-corrected chi connectivity index (χ4v) is 4.60. The number of rotatable bonds is 5. The van der Waals surface area contributed by atoms with Gasteiger partial charge in [0.15, 0.2) is 6.61 Å². The van der Waals surface area contributed by atoms with E-state index < -0.39 is 6.04 Å². The lowest BCUT2D eigenvalue weighted by Crippen LogP contribution is -2.49. The molecular weight excluding hydrogens is 434 g/mol. The van der Waals surface area contributed by atoms with E-state index in [4.69, 9.17) is 9.72 Å². The third-order valence-corrected chi connectivity index (χ3v) is 6.36. The van der Waals surface area contributed by atoms with Gasteiger partial charge in [-0.3, -0.25) is 14.5 Å². The zero-order chi connectivity index (χ0) is 22.8. The Bertz CT molecular complexity index is 1300. The number of benzene rings is 3. The van der Waals surface area contributed by atoms with Crippen LogP contribution >= 0.6 is 11.3 Å². The maximum absolute atomic E-state index is 12.9. The van der Waals surface area contributed by atoms with Crippen molar-refractivity contribution in [1.82, 2.24) is 4.98 Å². The van der Waals surface area contributed by atoms with Gasteiger partial charge in [0, 0.05) is 22.2 Å². The second kappa shape index (κ2) is 8.88. The molecule has 2 amide bonds. The summed E-state index contributed by atoms with van der Waals surface area (Å²) in [5.41, 5.74) is 3.96. The summed E-state index contributed by atoms with van der Waals surface area (Å²) >= 11 is 1.56. The lowest BCUT2D eigenvalue weighted by atomic mass is 10.1. The van der Waals surface area contributed by atoms with E-state index in [1.165, 1.54) is 4.90 Å². The summed E-state index contributed by atoms with van der Waals surface area (Å²) in [6, 6.07) is 24.1. The van der Waals surface area contributed by atoms with Gasteiger partial charge in [0.05, 0.1) is 11.4 Å². The van der Waals surface area contributed by atoms with Crippen LogP contribution in [0.15, 0.2) is 84.2 Å². The molecule has 33 heavy (non-hydrogen) atoms. The Balaban J connectivity index is 1.45. The molecule has 1 aliphatic rings. The molecule has 6 nitrogen and oxygen atoms in total. The molecule has 0 saturated heterocycles. The van der Waals surface area contributed by atoms with Crippen molar-refractivity contribution in [2.24, 2.45) is 0 Å². The SMILES string of the molecule is CC(C(=O)Nc1ccccc1)N1C(=O)COc2ccc(-c3csc(-c4ccccc4)n3)cc21. The fourth-order valence-electron chi connectivity index (χ4n) is 3.76. The minimum Gasteiger partial charge on any atom is -0.482 e. The number of ether oxygens (including phenoxy) is 1. The summed E-state index contributed by atoms with van der Waals surface area (Å²) in [7, 11) is 0. The number of nitrogens with one attached hydrogen (secondary N) is 1. The van der Waals surface area contributed by atoms with Gasteiger partial charge < -0.3 is 10.1 Å². The van der Waals surface area contributed by atoms with Gasteiger partial charge in [0.2, 0.25) is 5.91 Å². The molecule has 0 radical (unpaired) electrons. The normalized spacial score (nSPS) is 13.7. The minimum atomic E-state index is -0.717. The van der Waals surface area contributed by atoms with Gasteiger partial charge in [-0.2, -0.15) is 0 Å². The van der Waals surface area contributed by atoms with E-state index in [0.29, 0.717) is 17.1 Å². The van der Waals surface area contributed by atoms with Crippen LogP contribution in [0.25, 0.3) is 21.8 Å². The zero-order valence-corrected chi connectivity index (χ0v) is 18.7. The Morgan fingerprint density at radius 1 is 1.03 bits per heavy atom. The average molecular weight is 456 g/mol. The molecule has 1 aromatic heterocycles. The van der Waals surface area contributed by atoms with E-state index in [-0.39, 0.29) is 18.4 Å². The number of carbonyl (C=O) groups excluding carboxylic acids is 2. The van der Waals surface area contributed by atoms with Crippen LogP contribution in [0, 0.1) is 0 Å². The topological polar surface area (TPSA) is 71.5 Å². The summed E-state index contributed by atoms with van der Waals surface area (Å²) < 4.78 is 5.64. The number of anilines is 2. The molecule has 0 spiro atoms. The third kappa shape index (κ3) is 4.23. The number of nitrogens with zero attached hydrogens (tertiary/aromatic N) is 2. The molecule has 2 heterocycles. The number of aromatic nitrogens is 1. The zero-order valence-electron chi connectivity index (χ0n) is 17.9. The number of hydrogen-bond acceptors (Lipinski definition) is 5. The van der Waals surface area contributed by atoms with Gasteiger partial charge in [0.25, 0.3) is 5.91 Å². The summed E-state index contributed by atoms with van der Waals surface area (Å²) in [6.45, 7) is 1.61. The smallest absolute Gasteiger partial charge is 0.265 e. The second-order valence-corrected chi connectivity index (χ2v) is 8.53. The van der Waals surface area contributed by atoms with Gasteiger partial charge in [-0.1, -0.05) is 48.5 Å². The molecule has 1 unspecified atom stereocenters. The molecule has 4 aromatic rings. The molecule has 0 saturated carbocycles. The highest BCUT2D eigenvalue weighted by molar-refractivity contribution is 7.13. The molecule has 1 aliphatic heterocycles. The standard InChI is InChI=1S/C26H21N3O3S/c1-17(25(31)27-20-10-6-3-7-11-20)29-22-14-19(12-13-23(22)32-15-24(29)30)21-16-33-26(28-21)18-8-4-2-5-9-18/h2-14,16-17H,15H2,1H3,(H,27,31). The summed E-state index contributed by atoms with van der Waals surface area (Å²) in [6.07, 6.45) is 0. The molecule has 1 atom stereocenters. The Morgan fingerprint density at radius 3 is 2.52 bits per heavy atom. The van der Waals surface area contributed by atoms with Gasteiger partial charge in [-0.25, -0.2) is 4.98 Å². The van der Waals surface area contributed by atoms with Crippen LogP contribution in [0.3, 0.4) is 0 Å². The van der Waals surface area contributed by atoms with Crippen LogP contribution in [0.5, 0.6) is 5.75 Å². The average Bonchev–Trinajstić information content (AvgIpc) is 3.35. The Kier molecular flexibility index (Phi) is 5.62. The number of fused-ring (bicyclic) bond motifs is 1. The van der Waals surface area contributed by atoms with Gasteiger partial charge in [-0.05, 0) is 37.3 Å². The van der Waals surface area contributed by atoms with Crippen molar-refractivity contribution < 1.29 is 14.3 Å². The first-order chi connectivity index (χ1) is 16.1. The van der Waals surface area contributed by atoms with Crippen LogP contribution in [0.4, 0.5) is 11.4 Å². The fraction of sp³-hybridized carbons (Fsp3) is 0.115. The lowest BCUT2D eigenvalue weighted by molar-refractivity contribution is -0.125. The van der Waals surface area contributed by atoms with E-state index >= 15 is 0 Å². The highest BCUT2D eigenvalue weighted by Gasteiger charge is 2.33. The van der Waals surface area contributed by atoms with Crippen molar-refractivity contribution in [3.63, 3.8) is 0 Å². The molecule has 7 heteroatoms. The summed E-state index contributed by atoms with van der Waals surface area (Å²) in [5.74, 6) is 0.0302. The quantitative estimate of drug-likeness (QED) is 0.447. The van der Waals surface area contributed by atoms with Crippen molar-refractivity contribution in [1.29, 1.82) is 0 Å². The highest BCUT2D eigenvalue weighted by Crippen LogP contribution is 2.38. The molecular formula is C26H21N3O3S. The van der Waals surface area contributed by atoms with E-state index in [0.717, 1.165) is 21.8 Å². The Morgan fingerprint density at radius 2 is 1.76 bits per heavy atom. The molecule has 0 fully saturated rings. The number of carbonyl (C=O) groups is 2. The number of hydrogen-bond donors (Lipinski definition) is 1. The van der Waals surface area contributed by atoms with E-state index in [1.807, 2.05) is 84.2 Å². The molecule has 3 aromatic carbocycles. The van der Waals surface area contributed by atoms with Crippen LogP contribution in [0.1, 0.15) is 6.92 Å². The van der Waals surface area contributed by atoms with Crippen molar-refractivity contribution in [2.45, 2.75) is 13.0 Å². The predicted octanol–water partition coefficient (Wildman–Crippen LogP) is 5.23. The number of amides is 2. The van der Waals surface area contributed by atoms with E-state index in [1.54, 1.807) is 18.3 Å². The predicted molar refractivity (Wildman–Crippen MR) is 131 cm³/mol. The Labute approximate surface area is 195 Å². The molecule has 5 rings (SSSR count). The molecule has 0 bridgehead atoms. The highest BCUT2D eigenvalue weighted by atomic mass is 32.1. The van der Waals surface area contributed by atoms with Crippen molar-refractivity contribution in [3.05, 3.63) is 84.2 Å². The first-order valence-corrected chi connectivity index (χ1v) is 11.4. The lowest BCUT2D eigenvalue weighted by Gasteiger charge is -2.33. The number of para-hydroxylation sites is 1. The summed E-state index contributed by atoms with van der Waals surface area (Å²) in [4.78, 5) is 32.0. The van der Waals surface area contributed by atoms with E-state index in [2.05, 4.69) is 5.32 Å². The molecule has 1 N–H and O–H groups in total. The maximum atomic E-state index is 12.9. The van der Waals surface area contributed by atoms with Crippen LogP contribution < -0.4 is 15.0 Å². The van der Waals surface area contributed by atoms with Gasteiger partial charge in [-0.15, -0.1) is 11.3 Å². The number of thiazole rings is 1. The van der Waals surface area contributed by atoms with Crippen molar-refractivity contribution in [2.75, 3.05) is 16.8 Å². The second-order valence-electron chi connectivity index (χ2n) is 7.67. The van der Waals surface area contributed by atoms with Gasteiger partial charge in [0.1, 0.15) is 16.8 Å². The van der Waals surface area contributed by atoms with Crippen LogP contribution in [0.2, 0.25) is 0 Å². The van der Waals surface area contributed by atoms with Crippen LogP contribution in [-0.4, -0.2) is 29.4 Å². The molecule has 164 valence electrons. The van der Waals surface area contributed by atoms with Gasteiger partial charge >= 0.3 is 0 Å². The maximum Gasteiger partial charge on any atom is 0.265 e. The monoisotopic (exact) mass is 455 g/mol.